The van der Waals surface area contributed by atoms with E-state index < -0.39 is 0 Å². The predicted molar refractivity (Wildman–Crippen MR) is 72.1 cm³/mol. The van der Waals surface area contributed by atoms with Crippen molar-refractivity contribution >= 4 is 28.5 Å². The van der Waals surface area contributed by atoms with E-state index in [0.29, 0.717) is 5.76 Å². The van der Waals surface area contributed by atoms with E-state index in [9.17, 15) is 4.79 Å². The minimum absolute atomic E-state index is 0.00407. The minimum Gasteiger partial charge on any atom is -0.453 e. The molecule has 17 heavy (non-hydrogen) atoms. The molecule has 2 aromatic rings. The predicted octanol–water partition coefficient (Wildman–Crippen LogP) is 4.48. The van der Waals surface area contributed by atoms with Crippen molar-refractivity contribution in [3.63, 3.8) is 0 Å². The molecule has 0 aliphatic carbocycles. The van der Waals surface area contributed by atoms with E-state index in [1.54, 1.807) is 18.7 Å². The number of rotatable bonds is 3. The van der Waals surface area contributed by atoms with Gasteiger partial charge >= 0.3 is 0 Å². The first-order valence-corrected chi connectivity index (χ1v) is 6.88. The van der Waals surface area contributed by atoms with Crippen molar-refractivity contribution < 1.29 is 9.21 Å². The Labute approximate surface area is 105 Å². The molecule has 2 rings (SSSR count). The molecule has 0 unspecified atom stereocenters. The van der Waals surface area contributed by atoms with Crippen LogP contribution in [-0.2, 0) is 0 Å². The molecule has 0 saturated heterocycles. The molecule has 90 valence electrons. The highest BCUT2D eigenvalue weighted by Crippen LogP contribution is 2.34. The van der Waals surface area contributed by atoms with E-state index in [1.165, 1.54) is 0 Å². The number of Topliss-reactive ketones (excluding diaryl/α,β-unsaturated/α-hetero) is 1. The topological polar surface area (TPSA) is 30.2 Å². The normalized spacial score (nSPS) is 11.4. The van der Waals surface area contributed by atoms with Gasteiger partial charge in [-0.3, -0.25) is 4.79 Å². The number of fused-ring (bicyclic) bond motifs is 1. The third-order valence-electron chi connectivity index (χ3n) is 2.83. The van der Waals surface area contributed by atoms with E-state index in [-0.39, 0.29) is 11.7 Å². The maximum Gasteiger partial charge on any atom is 0.195 e. The van der Waals surface area contributed by atoms with Crippen molar-refractivity contribution in [2.24, 2.45) is 0 Å². The van der Waals surface area contributed by atoms with Crippen molar-refractivity contribution in [1.29, 1.82) is 0 Å². The Morgan fingerprint density at radius 2 is 2.06 bits per heavy atom. The molecule has 0 N–H and O–H groups in total. The average molecular weight is 248 g/mol. The zero-order valence-corrected chi connectivity index (χ0v) is 11.4. The van der Waals surface area contributed by atoms with Crippen LogP contribution in [-0.4, -0.2) is 12.0 Å². The molecule has 0 radical (unpaired) electrons. The Bertz CT molecular complexity index is 567. The molecule has 1 heterocycles. The fourth-order valence-corrected chi connectivity index (χ4v) is 2.49. The van der Waals surface area contributed by atoms with Crippen LogP contribution >= 0.6 is 11.8 Å². The van der Waals surface area contributed by atoms with Crippen LogP contribution in [0.2, 0.25) is 0 Å². The van der Waals surface area contributed by atoms with Crippen molar-refractivity contribution in [2.75, 3.05) is 6.26 Å². The first kappa shape index (κ1) is 12.2. The van der Waals surface area contributed by atoms with Crippen LogP contribution in [0.1, 0.15) is 42.8 Å². The molecule has 3 heteroatoms. The Balaban J connectivity index is 2.74. The van der Waals surface area contributed by atoms with Gasteiger partial charge in [-0.05, 0) is 30.4 Å². The van der Waals surface area contributed by atoms with E-state index >= 15 is 0 Å². The van der Waals surface area contributed by atoms with Crippen molar-refractivity contribution in [3.05, 3.63) is 29.5 Å². The van der Waals surface area contributed by atoms with Gasteiger partial charge in [0, 0.05) is 22.8 Å². The second-order valence-electron chi connectivity index (χ2n) is 4.42. The van der Waals surface area contributed by atoms with E-state index in [1.807, 2.05) is 18.4 Å². The summed E-state index contributed by atoms with van der Waals surface area (Å²) in [6.07, 6.45) is 2.03. The second-order valence-corrected chi connectivity index (χ2v) is 5.30. The number of carbonyl (C=O) groups excluding carboxylic acids is 1. The Morgan fingerprint density at radius 3 is 2.59 bits per heavy atom. The maximum atomic E-state index is 11.6. The van der Waals surface area contributed by atoms with Crippen LogP contribution in [0.25, 0.3) is 11.0 Å². The third-order valence-corrected chi connectivity index (χ3v) is 3.56. The summed E-state index contributed by atoms with van der Waals surface area (Å²) in [7, 11) is 0. The number of hydrogen-bond donors (Lipinski definition) is 0. The van der Waals surface area contributed by atoms with E-state index in [0.717, 1.165) is 21.4 Å². The SMILES string of the molecule is CSc1ccc2c(C(C)C)c(C(C)=O)oc2c1. The summed E-state index contributed by atoms with van der Waals surface area (Å²) in [5, 5.41) is 1.06. The van der Waals surface area contributed by atoms with E-state index in [2.05, 4.69) is 19.9 Å². The Kier molecular flexibility index (Phi) is 3.29. The lowest BCUT2D eigenvalue weighted by Gasteiger charge is -2.04. The maximum absolute atomic E-state index is 11.6. The molecule has 0 aliphatic rings. The standard InChI is InChI=1S/C14H16O2S/c1-8(2)13-11-6-5-10(17-4)7-12(11)16-14(13)9(3)15/h5-8H,1-4H3. The molecule has 0 amide bonds. The molecule has 1 aromatic heterocycles. The number of carbonyl (C=O) groups is 1. The van der Waals surface area contributed by atoms with Crippen molar-refractivity contribution in [3.8, 4) is 0 Å². The monoisotopic (exact) mass is 248 g/mol. The van der Waals surface area contributed by atoms with Crippen LogP contribution < -0.4 is 0 Å². The van der Waals surface area contributed by atoms with Crippen LogP contribution in [0.5, 0.6) is 0 Å². The molecule has 0 saturated carbocycles. The van der Waals surface area contributed by atoms with Crippen molar-refractivity contribution in [2.45, 2.75) is 31.6 Å². The number of furan rings is 1. The lowest BCUT2D eigenvalue weighted by atomic mass is 9.98. The average Bonchev–Trinajstić information content (AvgIpc) is 2.66. The molecule has 0 spiro atoms. The Morgan fingerprint density at radius 1 is 1.35 bits per heavy atom. The summed E-state index contributed by atoms with van der Waals surface area (Å²) in [4.78, 5) is 12.7. The van der Waals surface area contributed by atoms with Gasteiger partial charge in [-0.2, -0.15) is 0 Å². The van der Waals surface area contributed by atoms with Gasteiger partial charge in [0.25, 0.3) is 0 Å². The molecule has 0 bridgehead atoms. The lowest BCUT2D eigenvalue weighted by Crippen LogP contribution is -1.97. The molecule has 2 nitrogen and oxygen atoms in total. The van der Waals surface area contributed by atoms with Crippen LogP contribution in [0.15, 0.2) is 27.5 Å². The lowest BCUT2D eigenvalue weighted by molar-refractivity contribution is 0.0987. The van der Waals surface area contributed by atoms with Crippen LogP contribution in [0, 0.1) is 0 Å². The fraction of sp³-hybridized carbons (Fsp3) is 0.357. The highest BCUT2D eigenvalue weighted by atomic mass is 32.2. The second kappa shape index (κ2) is 4.57. The summed E-state index contributed by atoms with van der Waals surface area (Å²) in [6, 6.07) is 6.11. The zero-order chi connectivity index (χ0) is 12.6. The summed E-state index contributed by atoms with van der Waals surface area (Å²) in [5.41, 5.74) is 1.84. The number of hydrogen-bond acceptors (Lipinski definition) is 3. The summed E-state index contributed by atoms with van der Waals surface area (Å²) < 4.78 is 5.70. The zero-order valence-electron chi connectivity index (χ0n) is 10.5. The van der Waals surface area contributed by atoms with Gasteiger partial charge in [0.1, 0.15) is 5.58 Å². The quantitative estimate of drug-likeness (QED) is 0.592. The van der Waals surface area contributed by atoms with Crippen LogP contribution in [0.4, 0.5) is 0 Å². The molecule has 0 aliphatic heterocycles. The summed E-state index contributed by atoms with van der Waals surface area (Å²) in [6.45, 7) is 5.72. The van der Waals surface area contributed by atoms with Gasteiger partial charge in [-0.1, -0.05) is 13.8 Å². The minimum atomic E-state index is -0.00407. The van der Waals surface area contributed by atoms with Crippen molar-refractivity contribution in [1.82, 2.24) is 0 Å². The summed E-state index contributed by atoms with van der Waals surface area (Å²) >= 11 is 1.67. The molecule has 0 atom stereocenters. The fourth-order valence-electron chi connectivity index (χ4n) is 2.06. The first-order chi connectivity index (χ1) is 8.04. The molecular weight excluding hydrogens is 232 g/mol. The molecule has 1 aromatic carbocycles. The first-order valence-electron chi connectivity index (χ1n) is 5.66. The van der Waals surface area contributed by atoms with Gasteiger partial charge in [0.05, 0.1) is 0 Å². The van der Waals surface area contributed by atoms with E-state index in [4.69, 9.17) is 4.42 Å². The third kappa shape index (κ3) is 2.12. The highest BCUT2D eigenvalue weighted by molar-refractivity contribution is 7.98. The Hall–Kier alpha value is -1.22. The highest BCUT2D eigenvalue weighted by Gasteiger charge is 2.19. The smallest absolute Gasteiger partial charge is 0.195 e. The number of benzene rings is 1. The van der Waals surface area contributed by atoms with Gasteiger partial charge in [-0.25, -0.2) is 0 Å². The molecular formula is C14H16O2S. The molecule has 0 fully saturated rings. The number of ketones is 1. The summed E-state index contributed by atoms with van der Waals surface area (Å²) in [5.74, 6) is 0.791. The van der Waals surface area contributed by atoms with Gasteiger partial charge in [-0.15, -0.1) is 11.8 Å². The number of thioether (sulfide) groups is 1. The largest absolute Gasteiger partial charge is 0.453 e. The van der Waals surface area contributed by atoms with Gasteiger partial charge in [0.2, 0.25) is 0 Å². The van der Waals surface area contributed by atoms with Gasteiger partial charge < -0.3 is 4.42 Å². The van der Waals surface area contributed by atoms with Gasteiger partial charge in [0.15, 0.2) is 11.5 Å². The van der Waals surface area contributed by atoms with Crippen LogP contribution in [0.3, 0.4) is 0 Å².